The van der Waals surface area contributed by atoms with Crippen molar-refractivity contribution in [1.29, 1.82) is 0 Å². The Hall–Kier alpha value is -3.07. The van der Waals surface area contributed by atoms with Gasteiger partial charge in [0.25, 0.3) is 0 Å². The molecule has 0 atom stereocenters. The highest BCUT2D eigenvalue weighted by molar-refractivity contribution is 5.92. The van der Waals surface area contributed by atoms with Crippen LogP contribution in [0.1, 0.15) is 15.9 Å². The number of hydrogen-bond acceptors (Lipinski definition) is 3. The highest BCUT2D eigenvalue weighted by atomic mass is 16.5. The van der Waals surface area contributed by atoms with Gasteiger partial charge < -0.3 is 9.47 Å². The van der Waals surface area contributed by atoms with Gasteiger partial charge in [0.05, 0.1) is 7.11 Å². The van der Waals surface area contributed by atoms with Gasteiger partial charge in [0, 0.05) is 0 Å². The summed E-state index contributed by atoms with van der Waals surface area (Å²) in [5.74, 6) is 0.126. The van der Waals surface area contributed by atoms with Crippen LogP contribution < -0.4 is 4.74 Å². The first kappa shape index (κ1) is 15.8. The fourth-order valence-corrected chi connectivity index (χ4v) is 2.46. The molecule has 0 aliphatic rings. The quantitative estimate of drug-likeness (QED) is 0.639. The highest BCUT2D eigenvalue weighted by Gasteiger charge is 2.12. The average Bonchev–Trinajstić information content (AvgIpc) is 2.67. The first-order valence-corrected chi connectivity index (χ1v) is 7.72. The van der Waals surface area contributed by atoms with Crippen LogP contribution in [0.2, 0.25) is 0 Å². The zero-order valence-corrected chi connectivity index (χ0v) is 13.4. The van der Waals surface area contributed by atoms with Gasteiger partial charge in [-0.2, -0.15) is 0 Å². The van der Waals surface area contributed by atoms with Gasteiger partial charge in [-0.15, -0.1) is 0 Å². The third kappa shape index (κ3) is 3.63. The Morgan fingerprint density at radius 3 is 2.12 bits per heavy atom. The summed E-state index contributed by atoms with van der Waals surface area (Å²) in [7, 11) is 1.54. The van der Waals surface area contributed by atoms with Crippen molar-refractivity contribution in [2.45, 2.75) is 6.61 Å². The lowest BCUT2D eigenvalue weighted by Gasteiger charge is -2.09. The third-order valence-electron chi connectivity index (χ3n) is 3.76. The standard InChI is InChI=1S/C21H18O3/c1-23-20-10-6-5-9-19(20)21(22)24-15-16-11-13-18(14-12-16)17-7-3-2-4-8-17/h2-14H,15H2,1H3. The van der Waals surface area contributed by atoms with E-state index in [0.29, 0.717) is 11.3 Å². The van der Waals surface area contributed by atoms with Crippen molar-refractivity contribution in [2.24, 2.45) is 0 Å². The van der Waals surface area contributed by atoms with Crippen molar-refractivity contribution in [2.75, 3.05) is 7.11 Å². The highest BCUT2D eigenvalue weighted by Crippen LogP contribution is 2.21. The number of carbonyl (C=O) groups is 1. The molecule has 24 heavy (non-hydrogen) atoms. The molecule has 0 aromatic heterocycles. The van der Waals surface area contributed by atoms with Crippen LogP contribution in [-0.4, -0.2) is 13.1 Å². The lowest BCUT2D eigenvalue weighted by molar-refractivity contribution is 0.0469. The van der Waals surface area contributed by atoms with Gasteiger partial charge in [-0.3, -0.25) is 0 Å². The molecule has 0 N–H and O–H groups in total. The van der Waals surface area contributed by atoms with Crippen LogP contribution in [0.15, 0.2) is 78.9 Å². The monoisotopic (exact) mass is 318 g/mol. The SMILES string of the molecule is COc1ccccc1C(=O)OCc1ccc(-c2ccccc2)cc1. The molecule has 0 bridgehead atoms. The topological polar surface area (TPSA) is 35.5 Å². The van der Waals surface area contributed by atoms with E-state index >= 15 is 0 Å². The number of para-hydroxylation sites is 1. The van der Waals surface area contributed by atoms with Crippen molar-refractivity contribution >= 4 is 5.97 Å². The molecule has 120 valence electrons. The first-order valence-electron chi connectivity index (χ1n) is 7.72. The maximum absolute atomic E-state index is 12.2. The Kier molecular flexibility index (Phi) is 4.92. The van der Waals surface area contributed by atoms with Gasteiger partial charge in [0.2, 0.25) is 0 Å². The van der Waals surface area contributed by atoms with E-state index in [2.05, 4.69) is 12.1 Å². The Morgan fingerprint density at radius 1 is 0.792 bits per heavy atom. The van der Waals surface area contributed by atoms with Gasteiger partial charge in [-0.25, -0.2) is 4.79 Å². The third-order valence-corrected chi connectivity index (χ3v) is 3.76. The summed E-state index contributed by atoms with van der Waals surface area (Å²) in [4.78, 5) is 12.2. The fourth-order valence-electron chi connectivity index (χ4n) is 2.46. The molecule has 3 nitrogen and oxygen atoms in total. The van der Waals surface area contributed by atoms with Crippen LogP contribution in [0.25, 0.3) is 11.1 Å². The van der Waals surface area contributed by atoms with Gasteiger partial charge in [-0.1, -0.05) is 66.7 Å². The summed E-state index contributed by atoms with van der Waals surface area (Å²) < 4.78 is 10.6. The Labute approximate surface area is 141 Å². The fraction of sp³-hybridized carbons (Fsp3) is 0.0952. The molecule has 0 heterocycles. The molecule has 0 amide bonds. The summed E-state index contributed by atoms with van der Waals surface area (Å²) in [6.07, 6.45) is 0. The molecule has 3 aromatic rings. The maximum Gasteiger partial charge on any atom is 0.342 e. The zero-order valence-electron chi connectivity index (χ0n) is 13.4. The number of ether oxygens (including phenoxy) is 2. The van der Waals surface area contributed by atoms with Crippen LogP contribution in [-0.2, 0) is 11.3 Å². The van der Waals surface area contributed by atoms with E-state index in [1.54, 1.807) is 18.2 Å². The van der Waals surface area contributed by atoms with E-state index in [0.717, 1.165) is 16.7 Å². The lowest BCUT2D eigenvalue weighted by Crippen LogP contribution is -2.07. The van der Waals surface area contributed by atoms with Gasteiger partial charge in [0.1, 0.15) is 17.9 Å². The number of hydrogen-bond donors (Lipinski definition) is 0. The molecule has 0 aliphatic carbocycles. The largest absolute Gasteiger partial charge is 0.496 e. The van der Waals surface area contributed by atoms with Crippen molar-refractivity contribution in [3.05, 3.63) is 90.0 Å². The van der Waals surface area contributed by atoms with Crippen molar-refractivity contribution in [3.63, 3.8) is 0 Å². The van der Waals surface area contributed by atoms with Crippen LogP contribution in [0.5, 0.6) is 5.75 Å². The van der Waals surface area contributed by atoms with E-state index in [1.807, 2.05) is 48.5 Å². The normalized spacial score (nSPS) is 10.2. The van der Waals surface area contributed by atoms with Gasteiger partial charge >= 0.3 is 5.97 Å². The van der Waals surface area contributed by atoms with E-state index in [-0.39, 0.29) is 12.6 Å². The smallest absolute Gasteiger partial charge is 0.342 e. The maximum atomic E-state index is 12.2. The summed E-state index contributed by atoms with van der Waals surface area (Å²) in [5.41, 5.74) is 3.67. The molecule has 0 aliphatic heterocycles. The second-order valence-electron chi connectivity index (χ2n) is 5.34. The molecule has 3 aromatic carbocycles. The van der Waals surface area contributed by atoms with E-state index in [4.69, 9.17) is 9.47 Å². The molecule has 3 heteroatoms. The molecule has 0 radical (unpaired) electrons. The molecular formula is C21H18O3. The van der Waals surface area contributed by atoms with Crippen LogP contribution in [0, 0.1) is 0 Å². The molecule has 3 rings (SSSR count). The second-order valence-corrected chi connectivity index (χ2v) is 5.34. The Bertz CT molecular complexity index is 808. The minimum absolute atomic E-state index is 0.228. The van der Waals surface area contributed by atoms with E-state index < -0.39 is 0 Å². The van der Waals surface area contributed by atoms with Crippen molar-refractivity contribution in [3.8, 4) is 16.9 Å². The Morgan fingerprint density at radius 2 is 1.42 bits per heavy atom. The molecule has 0 fully saturated rings. The Balaban J connectivity index is 1.66. The summed E-state index contributed by atoms with van der Waals surface area (Å²) in [6.45, 7) is 0.228. The van der Waals surface area contributed by atoms with Crippen LogP contribution >= 0.6 is 0 Å². The summed E-state index contributed by atoms with van der Waals surface area (Å²) in [5, 5.41) is 0. The minimum atomic E-state index is -0.389. The molecule has 0 unspecified atom stereocenters. The van der Waals surface area contributed by atoms with Crippen LogP contribution in [0.4, 0.5) is 0 Å². The zero-order chi connectivity index (χ0) is 16.8. The number of esters is 1. The molecule has 0 saturated heterocycles. The first-order chi connectivity index (χ1) is 11.8. The average molecular weight is 318 g/mol. The van der Waals surface area contributed by atoms with E-state index in [1.165, 1.54) is 7.11 Å². The molecule has 0 saturated carbocycles. The van der Waals surface area contributed by atoms with E-state index in [9.17, 15) is 4.79 Å². The number of benzene rings is 3. The lowest BCUT2D eigenvalue weighted by atomic mass is 10.0. The number of carbonyl (C=O) groups excluding carboxylic acids is 1. The van der Waals surface area contributed by atoms with Gasteiger partial charge in [0.15, 0.2) is 0 Å². The predicted molar refractivity (Wildman–Crippen MR) is 94.0 cm³/mol. The second kappa shape index (κ2) is 7.47. The predicted octanol–water partition coefficient (Wildman–Crippen LogP) is 4.72. The minimum Gasteiger partial charge on any atom is -0.496 e. The summed E-state index contributed by atoms with van der Waals surface area (Å²) >= 11 is 0. The van der Waals surface area contributed by atoms with Crippen molar-refractivity contribution < 1.29 is 14.3 Å². The van der Waals surface area contributed by atoms with Crippen LogP contribution in [0.3, 0.4) is 0 Å². The number of methoxy groups -OCH3 is 1. The number of rotatable bonds is 5. The van der Waals surface area contributed by atoms with Crippen molar-refractivity contribution in [1.82, 2.24) is 0 Å². The van der Waals surface area contributed by atoms with Gasteiger partial charge in [-0.05, 0) is 28.8 Å². The summed E-state index contributed by atoms with van der Waals surface area (Å²) in [6, 6.07) is 25.2. The molecule has 0 spiro atoms. The molecular weight excluding hydrogens is 300 g/mol.